The number of para-hydroxylation sites is 2. The topological polar surface area (TPSA) is 76.1 Å². The number of hydrogen-bond donors (Lipinski definition) is 2. The molecule has 1 saturated carbocycles. The average molecular weight is 388 g/mol. The van der Waals surface area contributed by atoms with Crippen molar-refractivity contribution in [3.63, 3.8) is 0 Å². The van der Waals surface area contributed by atoms with Crippen LogP contribution in [-0.4, -0.2) is 28.0 Å². The predicted molar refractivity (Wildman–Crippen MR) is 114 cm³/mol. The van der Waals surface area contributed by atoms with Crippen molar-refractivity contribution < 1.29 is 9.53 Å². The number of carbonyl (C=O) groups is 1. The summed E-state index contributed by atoms with van der Waals surface area (Å²) in [5, 5.41) is 6.29. The summed E-state index contributed by atoms with van der Waals surface area (Å²) < 4.78 is 5.80. The van der Waals surface area contributed by atoms with Crippen LogP contribution in [0.1, 0.15) is 37.2 Å². The second-order valence-electron chi connectivity index (χ2n) is 7.36. The van der Waals surface area contributed by atoms with Crippen LogP contribution < -0.4 is 15.4 Å². The lowest BCUT2D eigenvalue weighted by atomic mass is 10.2. The quantitative estimate of drug-likeness (QED) is 0.610. The van der Waals surface area contributed by atoms with E-state index in [1.807, 2.05) is 68.4 Å². The minimum Gasteiger partial charge on any atom is -0.489 e. The number of nitrogens with one attached hydrogen (secondary N) is 2. The fraction of sp³-hybridized carbons (Fsp3) is 0.261. The third-order valence-electron chi connectivity index (χ3n) is 4.42. The lowest BCUT2D eigenvalue weighted by molar-refractivity contribution is 0.102. The number of hydrogen-bond acceptors (Lipinski definition) is 5. The van der Waals surface area contributed by atoms with Crippen molar-refractivity contribution in [3.05, 3.63) is 66.4 Å². The van der Waals surface area contributed by atoms with E-state index in [9.17, 15) is 4.79 Å². The Bertz CT molecular complexity index is 1000. The van der Waals surface area contributed by atoms with Crippen molar-refractivity contribution in [1.82, 2.24) is 9.97 Å². The molecule has 2 aromatic carbocycles. The normalized spacial score (nSPS) is 13.2. The lowest BCUT2D eigenvalue weighted by Crippen LogP contribution is -2.17. The molecule has 1 aliphatic carbocycles. The first-order chi connectivity index (χ1) is 14.1. The monoisotopic (exact) mass is 388 g/mol. The highest BCUT2D eigenvalue weighted by Gasteiger charge is 2.23. The van der Waals surface area contributed by atoms with Crippen LogP contribution in [0.4, 0.5) is 11.5 Å². The molecule has 1 fully saturated rings. The summed E-state index contributed by atoms with van der Waals surface area (Å²) >= 11 is 0. The molecule has 0 aliphatic heterocycles. The SMILES string of the molecule is CC(C)Oc1ccccc1NC(=O)c1cc(NC2CC2)nc(-c2ccccc2)n1. The molecule has 2 N–H and O–H groups in total. The summed E-state index contributed by atoms with van der Waals surface area (Å²) in [6.07, 6.45) is 2.24. The Morgan fingerprint density at radius 3 is 2.48 bits per heavy atom. The minimum atomic E-state index is -0.303. The molecule has 0 spiro atoms. The van der Waals surface area contributed by atoms with Crippen LogP contribution in [0, 0.1) is 0 Å². The van der Waals surface area contributed by atoms with E-state index in [0.717, 1.165) is 18.4 Å². The number of anilines is 2. The van der Waals surface area contributed by atoms with E-state index in [0.29, 0.717) is 34.8 Å². The summed E-state index contributed by atoms with van der Waals surface area (Å²) in [5.41, 5.74) is 1.79. The largest absolute Gasteiger partial charge is 0.489 e. The summed E-state index contributed by atoms with van der Waals surface area (Å²) in [5.74, 6) is 1.51. The van der Waals surface area contributed by atoms with Gasteiger partial charge in [0.1, 0.15) is 17.3 Å². The summed E-state index contributed by atoms with van der Waals surface area (Å²) in [6, 6.07) is 19.2. The van der Waals surface area contributed by atoms with Crippen molar-refractivity contribution in [3.8, 4) is 17.1 Å². The van der Waals surface area contributed by atoms with Gasteiger partial charge in [-0.25, -0.2) is 9.97 Å². The Balaban J connectivity index is 1.64. The molecule has 1 heterocycles. The van der Waals surface area contributed by atoms with Gasteiger partial charge in [-0.2, -0.15) is 0 Å². The molecule has 1 aliphatic rings. The van der Waals surface area contributed by atoms with E-state index < -0.39 is 0 Å². The fourth-order valence-corrected chi connectivity index (χ4v) is 2.90. The molecule has 0 atom stereocenters. The first-order valence-corrected chi connectivity index (χ1v) is 9.86. The highest BCUT2D eigenvalue weighted by molar-refractivity contribution is 6.04. The predicted octanol–water partition coefficient (Wildman–Crippen LogP) is 4.76. The van der Waals surface area contributed by atoms with E-state index in [1.54, 1.807) is 6.07 Å². The van der Waals surface area contributed by atoms with Crippen LogP contribution in [0.3, 0.4) is 0 Å². The van der Waals surface area contributed by atoms with Crippen LogP contribution in [0.15, 0.2) is 60.7 Å². The van der Waals surface area contributed by atoms with Crippen molar-refractivity contribution in [2.75, 3.05) is 10.6 Å². The van der Waals surface area contributed by atoms with Gasteiger partial charge in [0, 0.05) is 17.7 Å². The summed E-state index contributed by atoms with van der Waals surface area (Å²) in [4.78, 5) is 22.1. The van der Waals surface area contributed by atoms with Gasteiger partial charge >= 0.3 is 0 Å². The molecule has 3 aromatic rings. The molecule has 0 unspecified atom stereocenters. The Hall–Kier alpha value is -3.41. The minimum absolute atomic E-state index is 0.00568. The molecular weight excluding hydrogens is 364 g/mol. The van der Waals surface area contributed by atoms with Gasteiger partial charge < -0.3 is 15.4 Å². The first kappa shape index (κ1) is 18.9. The molecule has 29 heavy (non-hydrogen) atoms. The van der Waals surface area contributed by atoms with Crippen LogP contribution in [0.2, 0.25) is 0 Å². The van der Waals surface area contributed by atoms with E-state index in [-0.39, 0.29) is 12.0 Å². The van der Waals surface area contributed by atoms with E-state index >= 15 is 0 Å². The van der Waals surface area contributed by atoms with Crippen molar-refractivity contribution in [2.45, 2.75) is 38.8 Å². The fourth-order valence-electron chi connectivity index (χ4n) is 2.90. The Labute approximate surface area is 170 Å². The van der Waals surface area contributed by atoms with Crippen molar-refractivity contribution in [1.29, 1.82) is 0 Å². The molecule has 4 rings (SSSR count). The van der Waals surface area contributed by atoms with Gasteiger partial charge in [-0.15, -0.1) is 0 Å². The van der Waals surface area contributed by atoms with Crippen LogP contribution in [0.5, 0.6) is 5.75 Å². The summed E-state index contributed by atoms with van der Waals surface area (Å²) in [6.45, 7) is 3.90. The molecule has 148 valence electrons. The van der Waals surface area contributed by atoms with Crippen LogP contribution >= 0.6 is 0 Å². The number of amides is 1. The highest BCUT2D eigenvalue weighted by atomic mass is 16.5. The lowest BCUT2D eigenvalue weighted by Gasteiger charge is -2.15. The Morgan fingerprint density at radius 1 is 1.03 bits per heavy atom. The second kappa shape index (κ2) is 8.31. The molecular formula is C23H24N4O2. The van der Waals surface area contributed by atoms with E-state index in [1.165, 1.54) is 0 Å². The third kappa shape index (κ3) is 4.90. The number of carbonyl (C=O) groups excluding carboxylic acids is 1. The molecule has 0 bridgehead atoms. The maximum absolute atomic E-state index is 13.0. The zero-order valence-electron chi connectivity index (χ0n) is 16.6. The van der Waals surface area contributed by atoms with Gasteiger partial charge in [0.2, 0.25) is 0 Å². The number of ether oxygens (including phenoxy) is 1. The summed E-state index contributed by atoms with van der Waals surface area (Å²) in [7, 11) is 0. The second-order valence-corrected chi connectivity index (χ2v) is 7.36. The Morgan fingerprint density at radius 2 is 1.76 bits per heavy atom. The average Bonchev–Trinajstić information content (AvgIpc) is 3.53. The van der Waals surface area contributed by atoms with Crippen LogP contribution in [-0.2, 0) is 0 Å². The molecule has 0 saturated heterocycles. The molecule has 6 nitrogen and oxygen atoms in total. The highest BCUT2D eigenvalue weighted by Crippen LogP contribution is 2.27. The first-order valence-electron chi connectivity index (χ1n) is 9.86. The zero-order valence-corrected chi connectivity index (χ0v) is 16.6. The Kier molecular flexibility index (Phi) is 5.42. The van der Waals surface area contributed by atoms with Gasteiger partial charge in [-0.3, -0.25) is 4.79 Å². The van der Waals surface area contributed by atoms with E-state index in [4.69, 9.17) is 4.74 Å². The van der Waals surface area contributed by atoms with Gasteiger partial charge in [0.25, 0.3) is 5.91 Å². The standard InChI is InChI=1S/C23H24N4O2/c1-15(2)29-20-11-7-6-10-18(20)26-23(28)19-14-21(24-17-12-13-17)27-22(25-19)16-8-4-3-5-9-16/h3-11,14-15,17H,12-13H2,1-2H3,(H,26,28)(H,24,25,27). The van der Waals surface area contributed by atoms with Crippen molar-refractivity contribution in [2.24, 2.45) is 0 Å². The third-order valence-corrected chi connectivity index (χ3v) is 4.42. The number of aromatic nitrogens is 2. The molecule has 1 amide bonds. The van der Waals surface area contributed by atoms with Crippen LogP contribution in [0.25, 0.3) is 11.4 Å². The van der Waals surface area contributed by atoms with Gasteiger partial charge in [0.15, 0.2) is 5.82 Å². The number of rotatable bonds is 7. The maximum atomic E-state index is 13.0. The van der Waals surface area contributed by atoms with E-state index in [2.05, 4.69) is 20.6 Å². The van der Waals surface area contributed by atoms with Crippen molar-refractivity contribution >= 4 is 17.4 Å². The maximum Gasteiger partial charge on any atom is 0.274 e. The number of benzene rings is 2. The smallest absolute Gasteiger partial charge is 0.274 e. The van der Waals surface area contributed by atoms with Gasteiger partial charge in [-0.05, 0) is 38.8 Å². The molecule has 1 aromatic heterocycles. The zero-order chi connectivity index (χ0) is 20.2. The van der Waals surface area contributed by atoms with Gasteiger partial charge in [0.05, 0.1) is 11.8 Å². The number of nitrogens with zero attached hydrogens (tertiary/aromatic N) is 2. The molecule has 0 radical (unpaired) electrons. The molecule has 6 heteroatoms. The van der Waals surface area contributed by atoms with Gasteiger partial charge in [-0.1, -0.05) is 42.5 Å².